The summed E-state index contributed by atoms with van der Waals surface area (Å²) in [5.74, 6) is 0.142. The van der Waals surface area contributed by atoms with Crippen LogP contribution in [0.1, 0.15) is 55.4 Å². The second kappa shape index (κ2) is 9.12. The Labute approximate surface area is 154 Å². The molecule has 8 heteroatoms. The number of carbonyl (C=O) groups is 2. The van der Waals surface area contributed by atoms with Gasteiger partial charge in [-0.05, 0) is 38.5 Å². The Morgan fingerprint density at radius 3 is 2.73 bits per heavy atom. The van der Waals surface area contributed by atoms with Gasteiger partial charge in [0.15, 0.2) is 5.69 Å². The first-order chi connectivity index (χ1) is 12.7. The van der Waals surface area contributed by atoms with Crippen LogP contribution in [0.15, 0.2) is 6.20 Å². The van der Waals surface area contributed by atoms with E-state index in [0.29, 0.717) is 25.3 Å². The average molecular weight is 363 g/mol. The summed E-state index contributed by atoms with van der Waals surface area (Å²) in [5, 5.41) is 8.15. The van der Waals surface area contributed by atoms with Gasteiger partial charge in [0.2, 0.25) is 5.91 Å². The molecule has 0 bridgehead atoms. The molecule has 2 aliphatic heterocycles. The predicted molar refractivity (Wildman–Crippen MR) is 95.6 cm³/mol. The molecule has 2 fully saturated rings. The summed E-state index contributed by atoms with van der Waals surface area (Å²) < 4.78 is 6.76. The molecule has 1 aromatic heterocycles. The van der Waals surface area contributed by atoms with Crippen molar-refractivity contribution in [1.82, 2.24) is 24.8 Å². The van der Waals surface area contributed by atoms with E-state index in [2.05, 4.69) is 10.3 Å². The number of methoxy groups -OCH3 is 1. The highest BCUT2D eigenvalue weighted by molar-refractivity contribution is 5.92. The zero-order valence-electron chi connectivity index (χ0n) is 15.6. The molecule has 0 N–H and O–H groups in total. The van der Waals surface area contributed by atoms with Crippen LogP contribution in [0.25, 0.3) is 0 Å². The van der Waals surface area contributed by atoms with Crippen molar-refractivity contribution in [3.63, 3.8) is 0 Å². The molecule has 0 aromatic carbocycles. The lowest BCUT2D eigenvalue weighted by Gasteiger charge is -2.36. The third-order valence-electron chi connectivity index (χ3n) is 5.31. The zero-order chi connectivity index (χ0) is 18.4. The molecule has 26 heavy (non-hydrogen) atoms. The molecule has 0 radical (unpaired) electrons. The van der Waals surface area contributed by atoms with Crippen LogP contribution in [-0.4, -0.2) is 76.0 Å². The highest BCUT2D eigenvalue weighted by Gasteiger charge is 2.27. The molecule has 1 atom stereocenters. The molecule has 144 valence electrons. The van der Waals surface area contributed by atoms with Crippen LogP contribution >= 0.6 is 0 Å². The van der Waals surface area contributed by atoms with E-state index in [4.69, 9.17) is 4.74 Å². The number of ether oxygens (including phenoxy) is 1. The Morgan fingerprint density at radius 1 is 1.19 bits per heavy atom. The fourth-order valence-electron chi connectivity index (χ4n) is 3.83. The molecule has 0 aliphatic carbocycles. The van der Waals surface area contributed by atoms with Gasteiger partial charge in [-0.15, -0.1) is 5.10 Å². The van der Waals surface area contributed by atoms with Crippen molar-refractivity contribution in [2.24, 2.45) is 0 Å². The summed E-state index contributed by atoms with van der Waals surface area (Å²) >= 11 is 0. The van der Waals surface area contributed by atoms with Crippen molar-refractivity contribution >= 4 is 11.8 Å². The molecule has 8 nitrogen and oxygen atoms in total. The normalized spacial score (nSPS) is 20.6. The molecule has 2 aliphatic rings. The van der Waals surface area contributed by atoms with Crippen LogP contribution in [0.3, 0.4) is 0 Å². The maximum Gasteiger partial charge on any atom is 0.276 e. The van der Waals surface area contributed by atoms with Gasteiger partial charge >= 0.3 is 0 Å². The highest BCUT2D eigenvalue weighted by atomic mass is 16.5. The van der Waals surface area contributed by atoms with Gasteiger partial charge in [0.25, 0.3) is 5.91 Å². The molecule has 1 aromatic rings. The molecule has 0 saturated carbocycles. The molecule has 3 heterocycles. The summed E-state index contributed by atoms with van der Waals surface area (Å²) in [6, 6.07) is 0.232. The van der Waals surface area contributed by atoms with E-state index in [1.165, 1.54) is 0 Å². The van der Waals surface area contributed by atoms with E-state index in [1.807, 2.05) is 9.80 Å². The lowest BCUT2D eigenvalue weighted by Crippen LogP contribution is -2.44. The largest absolute Gasteiger partial charge is 0.384 e. The maximum absolute atomic E-state index is 12.4. The number of carbonyl (C=O) groups excluding carboxylic acids is 2. The van der Waals surface area contributed by atoms with E-state index in [-0.39, 0.29) is 17.9 Å². The monoisotopic (exact) mass is 363 g/mol. The molecule has 2 amide bonds. The van der Waals surface area contributed by atoms with Crippen LogP contribution in [0.4, 0.5) is 0 Å². The average Bonchev–Trinajstić information content (AvgIpc) is 3.36. The van der Waals surface area contributed by atoms with Crippen molar-refractivity contribution < 1.29 is 14.3 Å². The van der Waals surface area contributed by atoms with E-state index in [9.17, 15) is 9.59 Å². The van der Waals surface area contributed by atoms with Crippen molar-refractivity contribution in [2.45, 2.75) is 57.5 Å². The third-order valence-corrected chi connectivity index (χ3v) is 5.31. The Morgan fingerprint density at radius 2 is 1.96 bits per heavy atom. The van der Waals surface area contributed by atoms with Gasteiger partial charge in [-0.2, -0.15) is 0 Å². The van der Waals surface area contributed by atoms with E-state index in [1.54, 1.807) is 18.0 Å². The fraction of sp³-hybridized carbons (Fsp3) is 0.778. The lowest BCUT2D eigenvalue weighted by molar-refractivity contribution is -0.136. The number of likely N-dealkylation sites (tertiary alicyclic amines) is 2. The number of amides is 2. The third kappa shape index (κ3) is 4.60. The molecule has 2 saturated heterocycles. The standard InChI is InChI=1S/C18H29N5O3/c1-26-13-8-17(24)23-11-3-2-6-15(23)7-12-22-14-16(19-20-22)18(25)21-9-4-5-10-21/h14-15H,2-13H2,1H3. The van der Waals surface area contributed by atoms with E-state index >= 15 is 0 Å². The lowest BCUT2D eigenvalue weighted by atomic mass is 9.99. The molecule has 0 spiro atoms. The minimum Gasteiger partial charge on any atom is -0.384 e. The summed E-state index contributed by atoms with van der Waals surface area (Å²) in [6.07, 6.45) is 8.36. The van der Waals surface area contributed by atoms with E-state index < -0.39 is 0 Å². The second-order valence-corrected chi connectivity index (χ2v) is 7.13. The Hall–Kier alpha value is -1.96. The zero-order valence-corrected chi connectivity index (χ0v) is 15.6. The van der Waals surface area contributed by atoms with Crippen LogP contribution < -0.4 is 0 Å². The quantitative estimate of drug-likeness (QED) is 0.730. The number of aryl methyl sites for hydroxylation is 1. The van der Waals surface area contributed by atoms with Crippen LogP contribution in [0.2, 0.25) is 0 Å². The Balaban J connectivity index is 1.53. The number of hydrogen-bond donors (Lipinski definition) is 0. The first-order valence-electron chi connectivity index (χ1n) is 9.67. The summed E-state index contributed by atoms with van der Waals surface area (Å²) in [4.78, 5) is 28.6. The highest BCUT2D eigenvalue weighted by Crippen LogP contribution is 2.21. The molecular formula is C18H29N5O3. The maximum atomic E-state index is 12.4. The SMILES string of the molecule is COCCC(=O)N1CCCCC1CCn1cc(C(=O)N2CCCC2)nn1. The van der Waals surface area contributed by atoms with Crippen molar-refractivity contribution in [3.8, 4) is 0 Å². The van der Waals surface area contributed by atoms with Crippen LogP contribution in [0.5, 0.6) is 0 Å². The first kappa shape index (κ1) is 18.8. The van der Waals surface area contributed by atoms with Gasteiger partial charge < -0.3 is 14.5 Å². The topological polar surface area (TPSA) is 80.6 Å². The van der Waals surface area contributed by atoms with Crippen LogP contribution in [0, 0.1) is 0 Å². The molecular weight excluding hydrogens is 334 g/mol. The van der Waals surface area contributed by atoms with Crippen LogP contribution in [-0.2, 0) is 16.1 Å². The fourth-order valence-corrected chi connectivity index (χ4v) is 3.83. The van der Waals surface area contributed by atoms with Gasteiger partial charge in [0.1, 0.15) is 0 Å². The summed E-state index contributed by atoms with van der Waals surface area (Å²) in [6.45, 7) is 3.58. The molecule has 3 rings (SSSR count). The second-order valence-electron chi connectivity index (χ2n) is 7.13. The number of piperidine rings is 1. The van der Waals surface area contributed by atoms with Crippen molar-refractivity contribution in [1.29, 1.82) is 0 Å². The number of rotatable bonds is 7. The number of aromatic nitrogens is 3. The van der Waals surface area contributed by atoms with E-state index in [0.717, 1.165) is 58.2 Å². The summed E-state index contributed by atoms with van der Waals surface area (Å²) in [5.41, 5.74) is 0.420. The number of nitrogens with zero attached hydrogens (tertiary/aromatic N) is 5. The Kier molecular flexibility index (Phi) is 6.60. The van der Waals surface area contributed by atoms with Gasteiger partial charge in [-0.3, -0.25) is 14.3 Å². The predicted octanol–water partition coefficient (Wildman–Crippen LogP) is 1.32. The van der Waals surface area contributed by atoms with Gasteiger partial charge in [0, 0.05) is 39.3 Å². The summed E-state index contributed by atoms with van der Waals surface area (Å²) in [7, 11) is 1.62. The molecule has 1 unspecified atom stereocenters. The van der Waals surface area contributed by atoms with Gasteiger partial charge in [0.05, 0.1) is 19.2 Å². The Bertz CT molecular complexity index is 612. The minimum absolute atomic E-state index is 0.0252. The number of hydrogen-bond acceptors (Lipinski definition) is 5. The van der Waals surface area contributed by atoms with Gasteiger partial charge in [-0.1, -0.05) is 5.21 Å². The first-order valence-corrected chi connectivity index (χ1v) is 9.67. The van der Waals surface area contributed by atoms with Gasteiger partial charge in [-0.25, -0.2) is 0 Å². The smallest absolute Gasteiger partial charge is 0.276 e. The minimum atomic E-state index is -0.0252. The van der Waals surface area contributed by atoms with Crippen molar-refractivity contribution in [2.75, 3.05) is 33.4 Å². The van der Waals surface area contributed by atoms with Crippen molar-refractivity contribution in [3.05, 3.63) is 11.9 Å².